The Labute approximate surface area is 128 Å². The molecule has 0 aromatic heterocycles. The Bertz CT molecular complexity index is 697. The lowest BCUT2D eigenvalue weighted by Crippen LogP contribution is -1.97. The number of ether oxygens (including phenoxy) is 3. The van der Waals surface area contributed by atoms with Gasteiger partial charge >= 0.3 is 0 Å². The second kappa shape index (κ2) is 6.39. The van der Waals surface area contributed by atoms with Crippen LogP contribution in [0, 0.1) is 0 Å². The summed E-state index contributed by atoms with van der Waals surface area (Å²) < 4.78 is 16.4. The summed E-state index contributed by atoms with van der Waals surface area (Å²) in [5.74, 6) is 2.25. The second-order valence-corrected chi connectivity index (χ2v) is 4.86. The number of benzene rings is 2. The van der Waals surface area contributed by atoms with E-state index in [2.05, 4.69) is 4.99 Å². The highest BCUT2D eigenvalue weighted by Crippen LogP contribution is 2.33. The smallest absolute Gasteiger partial charge is 0.163 e. The third-order valence-corrected chi connectivity index (χ3v) is 3.32. The van der Waals surface area contributed by atoms with Gasteiger partial charge in [0.1, 0.15) is 11.5 Å². The van der Waals surface area contributed by atoms with Crippen LogP contribution in [0.3, 0.4) is 0 Å². The van der Waals surface area contributed by atoms with Crippen LogP contribution in [-0.4, -0.2) is 31.6 Å². The number of aliphatic imine (C=N–C) groups is 1. The lowest BCUT2D eigenvalue weighted by molar-refractivity contribution is 0.297. The fraction of sp³-hybridized carbons (Fsp3) is 0.235. The van der Waals surface area contributed by atoms with Gasteiger partial charge in [-0.15, -0.1) is 0 Å². The average molecular weight is 299 g/mol. The van der Waals surface area contributed by atoms with Crippen molar-refractivity contribution in [2.24, 2.45) is 4.99 Å². The minimum atomic E-state index is 0.152. The standard InChI is InChI=1S/C17H17NO4/c1-20-14-4-5-15(19)12(9-14)11-18-13-3-6-16-17(10-13)22-8-2-7-21-16/h3-6,9-11,19H,2,7-8H2,1H3. The largest absolute Gasteiger partial charge is 0.507 e. The Morgan fingerprint density at radius 2 is 1.91 bits per heavy atom. The van der Waals surface area contributed by atoms with E-state index in [4.69, 9.17) is 14.2 Å². The quantitative estimate of drug-likeness (QED) is 0.883. The van der Waals surface area contributed by atoms with Crippen molar-refractivity contribution in [2.75, 3.05) is 20.3 Å². The van der Waals surface area contributed by atoms with Crippen LogP contribution in [0.2, 0.25) is 0 Å². The van der Waals surface area contributed by atoms with Crippen LogP contribution < -0.4 is 14.2 Å². The number of methoxy groups -OCH3 is 1. The maximum atomic E-state index is 9.85. The summed E-state index contributed by atoms with van der Waals surface area (Å²) in [5, 5.41) is 9.85. The first-order chi connectivity index (χ1) is 10.8. The third kappa shape index (κ3) is 3.14. The molecule has 5 heteroatoms. The van der Waals surface area contributed by atoms with E-state index < -0.39 is 0 Å². The number of aromatic hydroxyl groups is 1. The monoisotopic (exact) mass is 299 g/mol. The van der Waals surface area contributed by atoms with Crippen molar-refractivity contribution in [3.63, 3.8) is 0 Å². The molecule has 22 heavy (non-hydrogen) atoms. The highest BCUT2D eigenvalue weighted by Gasteiger charge is 2.10. The summed E-state index contributed by atoms with van der Waals surface area (Å²) in [5.41, 5.74) is 1.32. The molecule has 0 atom stereocenters. The van der Waals surface area contributed by atoms with E-state index in [9.17, 15) is 5.11 Å². The first-order valence-electron chi connectivity index (χ1n) is 7.07. The van der Waals surface area contributed by atoms with Gasteiger partial charge in [-0.05, 0) is 30.3 Å². The predicted octanol–water partition coefficient (Wildman–Crippen LogP) is 3.31. The topological polar surface area (TPSA) is 60.3 Å². The van der Waals surface area contributed by atoms with Crippen molar-refractivity contribution >= 4 is 11.9 Å². The minimum absolute atomic E-state index is 0.152. The average Bonchev–Trinajstić information content (AvgIpc) is 2.79. The molecule has 2 aromatic carbocycles. The van der Waals surface area contributed by atoms with Crippen LogP contribution in [0.4, 0.5) is 5.69 Å². The SMILES string of the molecule is COc1ccc(O)c(C=Nc2ccc3c(c2)OCCCO3)c1. The molecule has 0 spiro atoms. The van der Waals surface area contributed by atoms with Crippen LogP contribution in [0.25, 0.3) is 0 Å². The molecule has 2 aromatic rings. The van der Waals surface area contributed by atoms with Crippen molar-refractivity contribution < 1.29 is 19.3 Å². The maximum Gasteiger partial charge on any atom is 0.163 e. The zero-order valence-electron chi connectivity index (χ0n) is 12.3. The molecule has 0 amide bonds. The molecular formula is C17H17NO4. The van der Waals surface area contributed by atoms with Crippen molar-refractivity contribution in [1.82, 2.24) is 0 Å². The van der Waals surface area contributed by atoms with Crippen LogP contribution >= 0.6 is 0 Å². The highest BCUT2D eigenvalue weighted by atomic mass is 16.5. The van der Waals surface area contributed by atoms with Gasteiger partial charge in [0.15, 0.2) is 11.5 Å². The first kappa shape index (κ1) is 14.3. The molecule has 1 aliphatic heterocycles. The van der Waals surface area contributed by atoms with Gasteiger partial charge in [0.2, 0.25) is 0 Å². The van der Waals surface area contributed by atoms with Crippen LogP contribution in [-0.2, 0) is 0 Å². The number of fused-ring (bicyclic) bond motifs is 1. The van der Waals surface area contributed by atoms with Gasteiger partial charge in [0.05, 0.1) is 26.0 Å². The fourth-order valence-electron chi connectivity index (χ4n) is 2.14. The van der Waals surface area contributed by atoms with Gasteiger partial charge in [-0.1, -0.05) is 0 Å². The van der Waals surface area contributed by atoms with Crippen LogP contribution in [0.15, 0.2) is 41.4 Å². The molecule has 0 saturated heterocycles. The summed E-state index contributed by atoms with van der Waals surface area (Å²) in [6.45, 7) is 1.30. The second-order valence-electron chi connectivity index (χ2n) is 4.86. The number of hydrogen-bond acceptors (Lipinski definition) is 5. The first-order valence-corrected chi connectivity index (χ1v) is 7.07. The maximum absolute atomic E-state index is 9.85. The highest BCUT2D eigenvalue weighted by molar-refractivity contribution is 5.86. The Balaban J connectivity index is 1.85. The Morgan fingerprint density at radius 3 is 2.73 bits per heavy atom. The number of phenolic OH excluding ortho intramolecular Hbond substituents is 1. The predicted molar refractivity (Wildman–Crippen MR) is 84.0 cm³/mol. The van der Waals surface area contributed by atoms with E-state index >= 15 is 0 Å². The normalized spacial score (nSPS) is 13.9. The number of nitrogens with zero attached hydrogens (tertiary/aromatic N) is 1. The van der Waals surface area contributed by atoms with Crippen LogP contribution in [0.5, 0.6) is 23.0 Å². The summed E-state index contributed by atoms with van der Waals surface area (Å²) in [4.78, 5) is 4.38. The molecular weight excluding hydrogens is 282 g/mol. The molecule has 0 bridgehead atoms. The van der Waals surface area contributed by atoms with Gasteiger partial charge in [0, 0.05) is 24.3 Å². The van der Waals surface area contributed by atoms with E-state index in [1.165, 1.54) is 0 Å². The number of rotatable bonds is 3. The molecule has 1 N–H and O–H groups in total. The van der Waals surface area contributed by atoms with Crippen molar-refractivity contribution in [3.05, 3.63) is 42.0 Å². The summed E-state index contributed by atoms with van der Waals surface area (Å²) in [6, 6.07) is 10.5. The molecule has 0 radical (unpaired) electrons. The zero-order chi connectivity index (χ0) is 15.4. The molecule has 1 aliphatic rings. The molecule has 114 valence electrons. The van der Waals surface area contributed by atoms with Gasteiger partial charge in [-0.3, -0.25) is 4.99 Å². The summed E-state index contributed by atoms with van der Waals surface area (Å²) in [6.07, 6.45) is 2.46. The number of hydrogen-bond donors (Lipinski definition) is 1. The Morgan fingerprint density at radius 1 is 1.09 bits per heavy atom. The molecule has 0 fully saturated rings. The van der Waals surface area contributed by atoms with E-state index in [-0.39, 0.29) is 5.75 Å². The van der Waals surface area contributed by atoms with Crippen molar-refractivity contribution in [2.45, 2.75) is 6.42 Å². The zero-order valence-corrected chi connectivity index (χ0v) is 12.3. The fourth-order valence-corrected chi connectivity index (χ4v) is 2.14. The Kier molecular flexibility index (Phi) is 4.14. The van der Waals surface area contributed by atoms with Gasteiger partial charge in [0.25, 0.3) is 0 Å². The molecule has 1 heterocycles. The number of phenols is 1. The molecule has 0 saturated carbocycles. The van der Waals surface area contributed by atoms with Gasteiger partial charge < -0.3 is 19.3 Å². The van der Waals surface area contributed by atoms with Crippen molar-refractivity contribution in [3.8, 4) is 23.0 Å². The van der Waals surface area contributed by atoms with Gasteiger partial charge in [-0.2, -0.15) is 0 Å². The van der Waals surface area contributed by atoms with E-state index in [0.29, 0.717) is 30.3 Å². The van der Waals surface area contributed by atoms with Gasteiger partial charge in [-0.25, -0.2) is 0 Å². The van der Waals surface area contributed by atoms with E-state index in [0.717, 1.165) is 17.9 Å². The van der Waals surface area contributed by atoms with Crippen molar-refractivity contribution in [1.29, 1.82) is 0 Å². The van der Waals surface area contributed by atoms with E-state index in [1.54, 1.807) is 31.5 Å². The summed E-state index contributed by atoms with van der Waals surface area (Å²) >= 11 is 0. The third-order valence-electron chi connectivity index (χ3n) is 3.32. The molecule has 5 nitrogen and oxygen atoms in total. The molecule has 0 unspecified atom stereocenters. The molecule has 0 aliphatic carbocycles. The summed E-state index contributed by atoms with van der Waals surface area (Å²) in [7, 11) is 1.58. The molecule has 3 rings (SSSR count). The lowest BCUT2D eigenvalue weighted by atomic mass is 10.2. The Hall–Kier alpha value is -2.69. The lowest BCUT2D eigenvalue weighted by Gasteiger charge is -2.07. The van der Waals surface area contributed by atoms with Crippen LogP contribution in [0.1, 0.15) is 12.0 Å². The van der Waals surface area contributed by atoms with E-state index in [1.807, 2.05) is 18.2 Å². The minimum Gasteiger partial charge on any atom is -0.507 e.